The fraction of sp³-hybridized carbons (Fsp3) is 0.417. The number of hydrogen-bond acceptors (Lipinski definition) is 4. The maximum absolute atomic E-state index is 13.7. The normalized spacial score (nSPS) is 17.8. The Hall–Kier alpha value is -1.40. The van der Waals surface area contributed by atoms with Gasteiger partial charge in [-0.05, 0) is 41.9 Å². The summed E-state index contributed by atoms with van der Waals surface area (Å²) in [5.74, 6) is -0.881. The van der Waals surface area contributed by atoms with Crippen LogP contribution in [0.5, 0.6) is 0 Å². The molecule has 0 bridgehead atoms. The van der Waals surface area contributed by atoms with Crippen molar-refractivity contribution in [3.8, 4) is 0 Å². The molecule has 3 rings (SSSR count). The van der Waals surface area contributed by atoms with Crippen molar-refractivity contribution in [1.29, 1.82) is 0 Å². The average molecular weight is 250 g/mol. The van der Waals surface area contributed by atoms with E-state index in [-0.39, 0.29) is 12.2 Å². The van der Waals surface area contributed by atoms with E-state index in [4.69, 9.17) is 9.39 Å². The van der Waals surface area contributed by atoms with E-state index in [1.807, 2.05) is 0 Å². The number of carbonyl (C=O) groups is 1. The van der Waals surface area contributed by atoms with E-state index in [0.717, 1.165) is 12.8 Å². The van der Waals surface area contributed by atoms with Crippen LogP contribution in [0, 0.1) is 11.7 Å². The Kier molecular flexibility index (Phi) is 2.83. The predicted molar refractivity (Wildman–Crippen MR) is 61.8 cm³/mol. The Balaban J connectivity index is 1.82. The van der Waals surface area contributed by atoms with Crippen molar-refractivity contribution >= 4 is 18.6 Å². The van der Waals surface area contributed by atoms with Crippen molar-refractivity contribution in [1.82, 2.24) is 0 Å². The van der Waals surface area contributed by atoms with Gasteiger partial charge in [0.2, 0.25) is 0 Å². The van der Waals surface area contributed by atoms with Crippen LogP contribution in [0.15, 0.2) is 12.1 Å². The summed E-state index contributed by atoms with van der Waals surface area (Å²) in [6.07, 6.45) is 2.12. The number of hydrogen-bond donors (Lipinski definition) is 1. The van der Waals surface area contributed by atoms with E-state index in [2.05, 4.69) is 0 Å². The van der Waals surface area contributed by atoms with Gasteiger partial charge in [0.15, 0.2) is 0 Å². The molecule has 1 aliphatic heterocycles. The highest BCUT2D eigenvalue weighted by atomic mass is 19.1. The van der Waals surface area contributed by atoms with Crippen molar-refractivity contribution in [2.24, 2.45) is 5.92 Å². The lowest BCUT2D eigenvalue weighted by Crippen LogP contribution is -2.29. The second-order valence-electron chi connectivity index (χ2n) is 4.74. The largest absolute Gasteiger partial charge is 0.491 e. The predicted octanol–water partition coefficient (Wildman–Crippen LogP) is 0.610. The molecule has 6 heteroatoms. The monoisotopic (exact) mass is 250 g/mol. The summed E-state index contributed by atoms with van der Waals surface area (Å²) in [5.41, 5.74) is 0.868. The molecule has 1 heterocycles. The van der Waals surface area contributed by atoms with E-state index in [1.165, 1.54) is 12.1 Å². The highest BCUT2D eigenvalue weighted by molar-refractivity contribution is 6.61. The molecule has 0 saturated heterocycles. The second kappa shape index (κ2) is 4.37. The molecule has 0 amide bonds. The van der Waals surface area contributed by atoms with E-state index in [1.54, 1.807) is 0 Å². The molecule has 0 atom stereocenters. The van der Waals surface area contributed by atoms with Crippen LogP contribution < -0.4 is 5.46 Å². The van der Waals surface area contributed by atoms with Crippen LogP contribution in [0.25, 0.3) is 0 Å². The van der Waals surface area contributed by atoms with E-state index < -0.39 is 18.9 Å². The van der Waals surface area contributed by atoms with Crippen LogP contribution in [0.3, 0.4) is 0 Å². The fourth-order valence-electron chi connectivity index (χ4n) is 1.96. The first-order valence-electron chi connectivity index (χ1n) is 5.94. The lowest BCUT2D eigenvalue weighted by molar-refractivity contribution is 0.0481. The highest BCUT2D eigenvalue weighted by Crippen LogP contribution is 2.29. The van der Waals surface area contributed by atoms with E-state index in [0.29, 0.717) is 23.6 Å². The van der Waals surface area contributed by atoms with Crippen LogP contribution in [-0.2, 0) is 16.0 Å². The summed E-state index contributed by atoms with van der Waals surface area (Å²) in [7, 11) is -1.09. The summed E-state index contributed by atoms with van der Waals surface area (Å²) in [6.45, 7) is 0.499. The third kappa shape index (κ3) is 2.13. The topological polar surface area (TPSA) is 55.8 Å². The van der Waals surface area contributed by atoms with Gasteiger partial charge in [-0.1, -0.05) is 0 Å². The Labute approximate surface area is 104 Å². The zero-order valence-corrected chi connectivity index (χ0v) is 9.69. The third-order valence-electron chi connectivity index (χ3n) is 3.26. The Morgan fingerprint density at radius 2 is 2.33 bits per heavy atom. The molecular weight excluding hydrogens is 238 g/mol. The molecule has 1 aromatic carbocycles. The summed E-state index contributed by atoms with van der Waals surface area (Å²) in [6, 6.07) is 2.54. The van der Waals surface area contributed by atoms with Crippen LogP contribution in [0.4, 0.5) is 4.39 Å². The first kappa shape index (κ1) is 11.7. The van der Waals surface area contributed by atoms with Crippen LogP contribution in [0.1, 0.15) is 28.8 Å². The summed E-state index contributed by atoms with van der Waals surface area (Å²) >= 11 is 0. The molecule has 0 aromatic heterocycles. The zero-order chi connectivity index (χ0) is 12.7. The van der Waals surface area contributed by atoms with Crippen molar-refractivity contribution in [3.63, 3.8) is 0 Å². The van der Waals surface area contributed by atoms with E-state index >= 15 is 0 Å². The van der Waals surface area contributed by atoms with Gasteiger partial charge < -0.3 is 14.4 Å². The second-order valence-corrected chi connectivity index (χ2v) is 4.74. The number of rotatable bonds is 3. The summed E-state index contributed by atoms with van der Waals surface area (Å²) < 4.78 is 23.7. The minimum atomic E-state index is -1.09. The molecular formula is C12H12BFO4. The van der Waals surface area contributed by atoms with Crippen molar-refractivity contribution in [2.45, 2.75) is 19.4 Å². The Morgan fingerprint density at radius 1 is 1.56 bits per heavy atom. The third-order valence-corrected chi connectivity index (χ3v) is 3.26. The van der Waals surface area contributed by atoms with Crippen molar-refractivity contribution < 1.29 is 23.6 Å². The maximum atomic E-state index is 13.7. The van der Waals surface area contributed by atoms with Crippen LogP contribution in [0.2, 0.25) is 0 Å². The van der Waals surface area contributed by atoms with Gasteiger partial charge >= 0.3 is 13.1 Å². The molecule has 18 heavy (non-hydrogen) atoms. The molecule has 4 nitrogen and oxygen atoms in total. The minimum Gasteiger partial charge on any atom is -0.462 e. The number of carbonyl (C=O) groups excluding carboxylic acids is 1. The van der Waals surface area contributed by atoms with Gasteiger partial charge in [0, 0.05) is 0 Å². The smallest absolute Gasteiger partial charge is 0.462 e. The molecule has 0 spiro atoms. The molecule has 1 N–H and O–H groups in total. The highest BCUT2D eigenvalue weighted by Gasteiger charge is 2.31. The van der Waals surface area contributed by atoms with Gasteiger partial charge in [-0.3, -0.25) is 0 Å². The van der Waals surface area contributed by atoms with Gasteiger partial charge in [0.1, 0.15) is 5.82 Å². The van der Waals surface area contributed by atoms with Gasteiger partial charge in [-0.2, -0.15) is 0 Å². The number of fused-ring (bicyclic) bond motifs is 1. The van der Waals surface area contributed by atoms with E-state index in [9.17, 15) is 14.2 Å². The fourth-order valence-corrected chi connectivity index (χ4v) is 1.96. The Bertz CT molecular complexity index is 501. The average Bonchev–Trinajstić information content (AvgIpc) is 3.11. The zero-order valence-electron chi connectivity index (χ0n) is 9.69. The molecule has 1 saturated carbocycles. The standard InChI is InChI=1S/C12H12BFO4/c14-11-3-8-6-18-13(16)10(8)4-9(11)12(15)17-5-7-1-2-7/h3-4,7,16H,1-2,5-6H2. The summed E-state index contributed by atoms with van der Waals surface area (Å²) in [5, 5.41) is 9.51. The minimum absolute atomic E-state index is 0.140. The number of halogens is 1. The number of ether oxygens (including phenoxy) is 1. The maximum Gasteiger partial charge on any atom is 0.491 e. The lowest BCUT2D eigenvalue weighted by Gasteiger charge is -2.07. The number of benzene rings is 1. The molecule has 0 radical (unpaired) electrons. The van der Waals surface area contributed by atoms with Gasteiger partial charge in [-0.15, -0.1) is 0 Å². The SMILES string of the molecule is O=C(OCC1CC1)c1cc2c(cc1F)COB2O. The lowest BCUT2D eigenvalue weighted by atomic mass is 9.78. The summed E-state index contributed by atoms with van der Waals surface area (Å²) in [4.78, 5) is 11.7. The molecule has 1 fully saturated rings. The van der Waals surface area contributed by atoms with Gasteiger partial charge in [0.05, 0.1) is 18.8 Å². The first-order chi connectivity index (χ1) is 8.65. The molecule has 0 unspecified atom stereocenters. The Morgan fingerprint density at radius 3 is 3.06 bits per heavy atom. The molecule has 1 aliphatic carbocycles. The molecule has 1 aromatic rings. The quantitative estimate of drug-likeness (QED) is 0.630. The first-order valence-corrected chi connectivity index (χ1v) is 5.94. The van der Waals surface area contributed by atoms with Gasteiger partial charge in [0.25, 0.3) is 0 Å². The van der Waals surface area contributed by atoms with Crippen molar-refractivity contribution in [2.75, 3.05) is 6.61 Å². The molecule has 2 aliphatic rings. The van der Waals surface area contributed by atoms with Crippen molar-refractivity contribution in [3.05, 3.63) is 29.1 Å². The number of esters is 1. The van der Waals surface area contributed by atoms with Crippen LogP contribution in [-0.4, -0.2) is 24.7 Å². The van der Waals surface area contributed by atoms with Crippen LogP contribution >= 0.6 is 0 Å². The molecule has 94 valence electrons. The van der Waals surface area contributed by atoms with Gasteiger partial charge in [-0.25, -0.2) is 9.18 Å².